The second-order valence-electron chi connectivity index (χ2n) is 7.34. The van der Waals surface area contributed by atoms with Gasteiger partial charge in [-0.3, -0.25) is 4.90 Å². The molecule has 0 radical (unpaired) electrons. The van der Waals surface area contributed by atoms with Crippen LogP contribution in [0.5, 0.6) is 0 Å². The molecular weight excluding hydrogens is 324 g/mol. The van der Waals surface area contributed by atoms with Crippen LogP contribution in [0.4, 0.5) is 5.82 Å². The molecule has 1 saturated heterocycles. The fourth-order valence-electron chi connectivity index (χ4n) is 4.24. The van der Waals surface area contributed by atoms with Gasteiger partial charge in [-0.25, -0.2) is 9.97 Å². The third kappa shape index (κ3) is 3.79. The molecule has 6 heteroatoms. The second kappa shape index (κ2) is 7.98. The minimum Gasteiger partial charge on any atom is -0.367 e. The average molecular weight is 350 g/mol. The normalized spacial score (nSPS) is 24.3. The van der Waals surface area contributed by atoms with Crippen LogP contribution in [-0.2, 0) is 6.42 Å². The van der Waals surface area contributed by atoms with Gasteiger partial charge in [-0.15, -0.1) is 0 Å². The van der Waals surface area contributed by atoms with Crippen LogP contribution in [0.3, 0.4) is 0 Å². The third-order valence-electron chi connectivity index (χ3n) is 5.69. The number of hydrogen-bond acceptors (Lipinski definition) is 6. The molecule has 0 bridgehead atoms. The predicted octanol–water partition coefficient (Wildman–Crippen LogP) is 2.32. The van der Waals surface area contributed by atoms with Gasteiger partial charge >= 0.3 is 0 Å². The largest absolute Gasteiger partial charge is 0.367 e. The van der Waals surface area contributed by atoms with Crippen molar-refractivity contribution in [2.75, 3.05) is 31.5 Å². The molecule has 2 aromatic rings. The molecule has 26 heavy (non-hydrogen) atoms. The van der Waals surface area contributed by atoms with Gasteiger partial charge in [0.2, 0.25) is 0 Å². The van der Waals surface area contributed by atoms with E-state index in [-0.39, 0.29) is 0 Å². The Balaban J connectivity index is 1.41. The maximum absolute atomic E-state index is 8.88. The van der Waals surface area contributed by atoms with Gasteiger partial charge in [-0.1, -0.05) is 6.07 Å². The van der Waals surface area contributed by atoms with Crippen molar-refractivity contribution in [2.45, 2.75) is 44.2 Å². The summed E-state index contributed by atoms with van der Waals surface area (Å²) in [5.74, 6) is 0.920. The molecular formula is C20H26N6. The van der Waals surface area contributed by atoms with Crippen molar-refractivity contribution in [3.05, 3.63) is 30.1 Å². The van der Waals surface area contributed by atoms with Crippen LogP contribution in [0.2, 0.25) is 0 Å². The van der Waals surface area contributed by atoms with E-state index in [1.165, 1.54) is 38.8 Å². The van der Waals surface area contributed by atoms with Crippen LogP contribution in [0.1, 0.15) is 31.2 Å². The zero-order valence-electron chi connectivity index (χ0n) is 15.1. The topological polar surface area (TPSA) is 76.9 Å². The van der Waals surface area contributed by atoms with Crippen molar-refractivity contribution in [1.29, 1.82) is 5.26 Å². The number of hydrogen-bond donors (Lipinski definition) is 2. The Hall–Kier alpha value is -2.23. The Labute approximate surface area is 154 Å². The Morgan fingerprint density at radius 3 is 2.73 bits per heavy atom. The first-order valence-electron chi connectivity index (χ1n) is 9.65. The van der Waals surface area contributed by atoms with Gasteiger partial charge in [-0.05, 0) is 43.4 Å². The maximum Gasteiger partial charge on any atom is 0.137 e. The molecule has 0 spiro atoms. The molecule has 0 unspecified atom stereocenters. The molecule has 6 nitrogen and oxygen atoms in total. The van der Waals surface area contributed by atoms with Crippen molar-refractivity contribution in [3.8, 4) is 6.07 Å². The summed E-state index contributed by atoms with van der Waals surface area (Å²) in [5.41, 5.74) is 1.91. The summed E-state index contributed by atoms with van der Waals surface area (Å²) < 4.78 is 0. The zero-order valence-corrected chi connectivity index (χ0v) is 15.1. The van der Waals surface area contributed by atoms with Crippen LogP contribution in [0.15, 0.2) is 24.5 Å². The van der Waals surface area contributed by atoms with Crippen LogP contribution in [0, 0.1) is 11.3 Å². The van der Waals surface area contributed by atoms with Crippen LogP contribution >= 0.6 is 0 Å². The minimum atomic E-state index is 0.415. The van der Waals surface area contributed by atoms with E-state index in [1.54, 1.807) is 6.33 Å². The Bertz CT molecular complexity index is 784. The van der Waals surface area contributed by atoms with E-state index in [0.29, 0.717) is 12.5 Å². The predicted molar refractivity (Wildman–Crippen MR) is 103 cm³/mol. The van der Waals surface area contributed by atoms with Crippen molar-refractivity contribution in [2.24, 2.45) is 0 Å². The Morgan fingerprint density at radius 2 is 1.96 bits per heavy atom. The molecule has 2 heterocycles. The smallest absolute Gasteiger partial charge is 0.137 e. The van der Waals surface area contributed by atoms with Crippen LogP contribution in [0.25, 0.3) is 10.9 Å². The highest BCUT2D eigenvalue weighted by molar-refractivity contribution is 5.89. The Morgan fingerprint density at radius 1 is 1.15 bits per heavy atom. The highest BCUT2D eigenvalue weighted by atomic mass is 15.2. The van der Waals surface area contributed by atoms with Gasteiger partial charge in [0.1, 0.15) is 12.1 Å². The third-order valence-corrected chi connectivity index (χ3v) is 5.69. The van der Waals surface area contributed by atoms with E-state index in [9.17, 15) is 0 Å². The molecule has 1 aromatic carbocycles. The number of nitrogens with zero attached hydrogens (tertiary/aromatic N) is 4. The zero-order chi connectivity index (χ0) is 17.8. The lowest BCUT2D eigenvalue weighted by atomic mass is 9.89. The van der Waals surface area contributed by atoms with Crippen molar-refractivity contribution in [1.82, 2.24) is 20.2 Å². The molecule has 2 aliphatic rings. The van der Waals surface area contributed by atoms with Gasteiger partial charge in [-0.2, -0.15) is 5.26 Å². The SMILES string of the molecule is N#CCc1ccc2c(N[C@H]3CC[C@H](N4CCNCC4)CC3)ncnc2c1. The lowest BCUT2D eigenvalue weighted by Gasteiger charge is -2.39. The summed E-state index contributed by atoms with van der Waals surface area (Å²) in [5, 5.41) is 17.0. The summed E-state index contributed by atoms with van der Waals surface area (Å²) in [7, 11) is 0. The monoisotopic (exact) mass is 350 g/mol. The van der Waals surface area contributed by atoms with Gasteiger partial charge in [0.15, 0.2) is 0 Å². The van der Waals surface area contributed by atoms with Gasteiger partial charge in [0.25, 0.3) is 0 Å². The standard InChI is InChI=1S/C20H26N6/c21-8-7-15-1-6-18-19(13-15)23-14-24-20(18)25-16-2-4-17(5-3-16)26-11-9-22-10-12-26/h1,6,13-14,16-17,22H,2-5,7,9-12H2,(H,23,24,25)/t16-,17-. The molecule has 1 saturated carbocycles. The van der Waals surface area contributed by atoms with E-state index < -0.39 is 0 Å². The van der Waals surface area contributed by atoms with Gasteiger partial charge in [0.05, 0.1) is 18.0 Å². The number of aromatic nitrogens is 2. The number of nitriles is 1. The van der Waals surface area contributed by atoms with Gasteiger partial charge < -0.3 is 10.6 Å². The second-order valence-corrected chi connectivity index (χ2v) is 7.34. The van der Waals surface area contributed by atoms with Crippen molar-refractivity contribution in [3.63, 3.8) is 0 Å². The summed E-state index contributed by atoms with van der Waals surface area (Å²) in [6.07, 6.45) is 6.92. The maximum atomic E-state index is 8.88. The molecule has 1 aliphatic heterocycles. The van der Waals surface area contributed by atoms with Crippen molar-refractivity contribution >= 4 is 16.7 Å². The molecule has 0 amide bonds. The highest BCUT2D eigenvalue weighted by Gasteiger charge is 2.26. The number of anilines is 1. The first-order chi connectivity index (χ1) is 12.8. The first kappa shape index (κ1) is 17.2. The molecule has 2 N–H and O–H groups in total. The minimum absolute atomic E-state index is 0.415. The average Bonchev–Trinajstić information content (AvgIpc) is 2.70. The lowest BCUT2D eigenvalue weighted by Crippen LogP contribution is -2.50. The summed E-state index contributed by atoms with van der Waals surface area (Å²) >= 11 is 0. The summed E-state index contributed by atoms with van der Waals surface area (Å²) in [6.45, 7) is 4.62. The summed E-state index contributed by atoms with van der Waals surface area (Å²) in [4.78, 5) is 11.5. The number of nitrogens with one attached hydrogen (secondary N) is 2. The fraction of sp³-hybridized carbons (Fsp3) is 0.550. The van der Waals surface area contributed by atoms with E-state index in [2.05, 4.69) is 31.6 Å². The van der Waals surface area contributed by atoms with Crippen molar-refractivity contribution < 1.29 is 0 Å². The van der Waals surface area contributed by atoms with Crippen LogP contribution < -0.4 is 10.6 Å². The van der Waals surface area contributed by atoms with E-state index in [4.69, 9.17) is 5.26 Å². The number of piperazine rings is 1. The quantitative estimate of drug-likeness (QED) is 0.881. The highest BCUT2D eigenvalue weighted by Crippen LogP contribution is 2.28. The molecule has 1 aromatic heterocycles. The summed E-state index contributed by atoms with van der Waals surface area (Å²) in [6, 6.07) is 9.45. The molecule has 136 valence electrons. The molecule has 4 rings (SSSR count). The molecule has 1 aliphatic carbocycles. The van der Waals surface area contributed by atoms with E-state index >= 15 is 0 Å². The van der Waals surface area contributed by atoms with E-state index in [1.807, 2.05) is 18.2 Å². The molecule has 0 atom stereocenters. The first-order valence-corrected chi connectivity index (χ1v) is 9.65. The molecule has 2 fully saturated rings. The number of fused-ring (bicyclic) bond motifs is 1. The van der Waals surface area contributed by atoms with Crippen LogP contribution in [-0.4, -0.2) is 53.1 Å². The van der Waals surface area contributed by atoms with E-state index in [0.717, 1.165) is 41.4 Å². The number of benzene rings is 1. The van der Waals surface area contributed by atoms with Gasteiger partial charge in [0, 0.05) is 43.6 Å². The number of rotatable bonds is 4. The Kier molecular flexibility index (Phi) is 5.28. The lowest BCUT2D eigenvalue weighted by molar-refractivity contribution is 0.135. The fourth-order valence-corrected chi connectivity index (χ4v) is 4.24.